The molecule has 1 aliphatic rings. The molecule has 1 amide bonds. The maximum absolute atomic E-state index is 12.3. The number of rotatable bonds is 4. The Morgan fingerprint density at radius 1 is 1.35 bits per heavy atom. The van der Waals surface area contributed by atoms with Gasteiger partial charge in [0.05, 0.1) is 0 Å². The van der Waals surface area contributed by atoms with E-state index in [1.807, 2.05) is 0 Å². The molecule has 0 bridgehead atoms. The first kappa shape index (κ1) is 14.6. The van der Waals surface area contributed by atoms with Gasteiger partial charge in [0.25, 0.3) is 5.91 Å². The summed E-state index contributed by atoms with van der Waals surface area (Å²) in [6.07, 6.45) is 1.87. The van der Waals surface area contributed by atoms with Crippen LogP contribution in [0, 0.1) is 0 Å². The number of amides is 1. The standard InChI is InChI=1S/C14H20N2O4/c1-3-16-8-6-10(7-9-16)15(2)13(17)11-4-5-12(20-11)14(18)19/h4-5,10H,3,6-9H2,1-2H3,(H,18,19). The topological polar surface area (TPSA) is 74.0 Å². The first-order valence-electron chi connectivity index (χ1n) is 6.85. The van der Waals surface area contributed by atoms with Gasteiger partial charge in [0.1, 0.15) is 0 Å². The van der Waals surface area contributed by atoms with Crippen molar-refractivity contribution in [3.8, 4) is 0 Å². The van der Waals surface area contributed by atoms with Gasteiger partial charge in [-0.3, -0.25) is 4.79 Å². The van der Waals surface area contributed by atoms with E-state index in [9.17, 15) is 9.59 Å². The summed E-state index contributed by atoms with van der Waals surface area (Å²) in [5, 5.41) is 8.80. The molecule has 0 unspecified atom stereocenters. The van der Waals surface area contributed by atoms with Gasteiger partial charge in [0.15, 0.2) is 5.76 Å². The molecule has 0 radical (unpaired) electrons. The van der Waals surface area contributed by atoms with Crippen molar-refractivity contribution in [1.82, 2.24) is 9.80 Å². The van der Waals surface area contributed by atoms with E-state index < -0.39 is 5.97 Å². The highest BCUT2D eigenvalue weighted by atomic mass is 16.4. The average Bonchev–Trinajstić information content (AvgIpc) is 2.96. The molecule has 6 nitrogen and oxygen atoms in total. The number of hydrogen-bond acceptors (Lipinski definition) is 4. The van der Waals surface area contributed by atoms with Gasteiger partial charge in [0, 0.05) is 26.2 Å². The lowest BCUT2D eigenvalue weighted by molar-refractivity contribution is 0.0601. The number of piperidine rings is 1. The maximum atomic E-state index is 12.3. The summed E-state index contributed by atoms with van der Waals surface area (Å²) in [4.78, 5) is 27.0. The Bertz CT molecular complexity index is 489. The molecule has 20 heavy (non-hydrogen) atoms. The smallest absolute Gasteiger partial charge is 0.371 e. The number of carboxylic acids is 1. The van der Waals surface area contributed by atoms with Crippen molar-refractivity contribution < 1.29 is 19.1 Å². The molecule has 2 rings (SSSR count). The summed E-state index contributed by atoms with van der Waals surface area (Å²) in [5.74, 6) is -1.54. The highest BCUT2D eigenvalue weighted by Crippen LogP contribution is 2.18. The lowest BCUT2D eigenvalue weighted by Gasteiger charge is -2.35. The number of carbonyl (C=O) groups is 2. The lowest BCUT2D eigenvalue weighted by Crippen LogP contribution is -2.45. The predicted octanol–water partition coefficient (Wildman–Crippen LogP) is 1.53. The van der Waals surface area contributed by atoms with Crippen LogP contribution in [0.5, 0.6) is 0 Å². The van der Waals surface area contributed by atoms with E-state index in [-0.39, 0.29) is 23.5 Å². The van der Waals surface area contributed by atoms with E-state index in [2.05, 4.69) is 11.8 Å². The molecule has 0 saturated carbocycles. The molecule has 1 N–H and O–H groups in total. The minimum atomic E-state index is -1.16. The Balaban J connectivity index is 1.99. The summed E-state index contributed by atoms with van der Waals surface area (Å²) in [7, 11) is 1.75. The van der Waals surface area contributed by atoms with Crippen molar-refractivity contribution in [1.29, 1.82) is 0 Å². The third-order valence-corrected chi connectivity index (χ3v) is 3.90. The van der Waals surface area contributed by atoms with E-state index in [4.69, 9.17) is 9.52 Å². The van der Waals surface area contributed by atoms with E-state index >= 15 is 0 Å². The van der Waals surface area contributed by atoms with Crippen molar-refractivity contribution in [3.05, 3.63) is 23.7 Å². The monoisotopic (exact) mass is 280 g/mol. The zero-order valence-electron chi connectivity index (χ0n) is 11.8. The van der Waals surface area contributed by atoms with Crippen molar-refractivity contribution in [2.45, 2.75) is 25.8 Å². The third-order valence-electron chi connectivity index (χ3n) is 3.90. The summed E-state index contributed by atoms with van der Waals surface area (Å²) in [6.45, 7) is 5.13. The summed E-state index contributed by atoms with van der Waals surface area (Å²) < 4.78 is 5.06. The second-order valence-electron chi connectivity index (χ2n) is 5.05. The van der Waals surface area contributed by atoms with Gasteiger partial charge in [-0.2, -0.15) is 0 Å². The van der Waals surface area contributed by atoms with Gasteiger partial charge < -0.3 is 19.3 Å². The van der Waals surface area contributed by atoms with Crippen LogP contribution in [0.4, 0.5) is 0 Å². The Morgan fingerprint density at radius 3 is 2.45 bits per heavy atom. The fourth-order valence-electron chi connectivity index (χ4n) is 2.53. The average molecular weight is 280 g/mol. The number of hydrogen-bond donors (Lipinski definition) is 1. The number of furan rings is 1. The third kappa shape index (κ3) is 3.01. The van der Waals surface area contributed by atoms with Crippen LogP contribution in [-0.2, 0) is 0 Å². The van der Waals surface area contributed by atoms with Gasteiger partial charge in [-0.15, -0.1) is 0 Å². The minimum Gasteiger partial charge on any atom is -0.475 e. The number of carboxylic acid groups (broad SMARTS) is 1. The SMILES string of the molecule is CCN1CCC(N(C)C(=O)c2ccc(C(=O)O)o2)CC1. The molecule has 0 atom stereocenters. The van der Waals surface area contributed by atoms with Crippen LogP contribution in [0.25, 0.3) is 0 Å². The molecular weight excluding hydrogens is 260 g/mol. The molecule has 1 saturated heterocycles. The van der Waals surface area contributed by atoms with E-state index in [1.54, 1.807) is 11.9 Å². The molecule has 1 aromatic rings. The van der Waals surface area contributed by atoms with Crippen molar-refractivity contribution in [2.75, 3.05) is 26.7 Å². The highest BCUT2D eigenvalue weighted by molar-refractivity contribution is 5.93. The second-order valence-corrected chi connectivity index (χ2v) is 5.05. The Morgan fingerprint density at radius 2 is 1.95 bits per heavy atom. The molecule has 6 heteroatoms. The maximum Gasteiger partial charge on any atom is 0.371 e. The Labute approximate surface area is 118 Å². The molecule has 0 spiro atoms. The number of aromatic carboxylic acids is 1. The first-order chi connectivity index (χ1) is 9.52. The van der Waals surface area contributed by atoms with E-state index in [1.165, 1.54) is 12.1 Å². The molecule has 1 aliphatic heterocycles. The molecule has 2 heterocycles. The van der Waals surface area contributed by atoms with Crippen molar-refractivity contribution >= 4 is 11.9 Å². The van der Waals surface area contributed by atoms with Crippen LogP contribution in [0.3, 0.4) is 0 Å². The number of likely N-dealkylation sites (tertiary alicyclic amines) is 1. The van der Waals surface area contributed by atoms with Gasteiger partial charge >= 0.3 is 5.97 Å². The number of nitrogens with zero attached hydrogens (tertiary/aromatic N) is 2. The predicted molar refractivity (Wildman–Crippen MR) is 72.9 cm³/mol. The van der Waals surface area contributed by atoms with E-state index in [0.717, 1.165) is 32.5 Å². The normalized spacial score (nSPS) is 17.1. The molecule has 1 aromatic heterocycles. The second kappa shape index (κ2) is 6.09. The van der Waals surface area contributed by atoms with Crippen LogP contribution < -0.4 is 0 Å². The zero-order chi connectivity index (χ0) is 14.7. The van der Waals surface area contributed by atoms with Gasteiger partial charge in [-0.05, 0) is 31.5 Å². The fourth-order valence-corrected chi connectivity index (χ4v) is 2.53. The zero-order valence-corrected chi connectivity index (χ0v) is 11.8. The van der Waals surface area contributed by atoms with Crippen LogP contribution in [-0.4, -0.2) is 59.5 Å². The summed E-state index contributed by atoms with van der Waals surface area (Å²) in [6, 6.07) is 2.91. The molecule has 0 aliphatic carbocycles. The van der Waals surface area contributed by atoms with Gasteiger partial charge in [0.2, 0.25) is 5.76 Å². The van der Waals surface area contributed by atoms with Crippen LogP contribution >= 0.6 is 0 Å². The Kier molecular flexibility index (Phi) is 4.44. The van der Waals surface area contributed by atoms with Crippen LogP contribution in [0.1, 0.15) is 40.9 Å². The lowest BCUT2D eigenvalue weighted by atomic mass is 10.0. The molecule has 110 valence electrons. The molecule has 0 aromatic carbocycles. The Hall–Kier alpha value is -1.82. The van der Waals surface area contributed by atoms with E-state index in [0.29, 0.717) is 0 Å². The van der Waals surface area contributed by atoms with Crippen molar-refractivity contribution in [3.63, 3.8) is 0 Å². The minimum absolute atomic E-state index is 0.0859. The molecular formula is C14H20N2O4. The van der Waals surface area contributed by atoms with Crippen LogP contribution in [0.15, 0.2) is 16.5 Å². The fraction of sp³-hybridized carbons (Fsp3) is 0.571. The highest BCUT2D eigenvalue weighted by Gasteiger charge is 2.27. The quantitative estimate of drug-likeness (QED) is 0.905. The largest absolute Gasteiger partial charge is 0.475 e. The number of carbonyl (C=O) groups excluding carboxylic acids is 1. The first-order valence-corrected chi connectivity index (χ1v) is 6.85. The van der Waals surface area contributed by atoms with Crippen molar-refractivity contribution in [2.24, 2.45) is 0 Å². The van der Waals surface area contributed by atoms with Gasteiger partial charge in [-0.1, -0.05) is 6.92 Å². The summed E-state index contributed by atoms with van der Waals surface area (Å²) in [5.41, 5.74) is 0. The molecule has 1 fully saturated rings. The summed E-state index contributed by atoms with van der Waals surface area (Å²) >= 11 is 0. The van der Waals surface area contributed by atoms with Gasteiger partial charge in [-0.25, -0.2) is 4.79 Å². The van der Waals surface area contributed by atoms with Crippen LogP contribution in [0.2, 0.25) is 0 Å².